The smallest absolute Gasteiger partial charge is 0.371 e. The summed E-state index contributed by atoms with van der Waals surface area (Å²) in [6.45, 7) is 4.01. The fourth-order valence-corrected chi connectivity index (χ4v) is 1.53. The molecule has 0 fully saturated rings. The van der Waals surface area contributed by atoms with Crippen molar-refractivity contribution in [1.29, 1.82) is 0 Å². The van der Waals surface area contributed by atoms with Crippen LogP contribution in [0.5, 0.6) is 0 Å². The van der Waals surface area contributed by atoms with Crippen LogP contribution in [-0.2, 0) is 17.6 Å². The van der Waals surface area contributed by atoms with Crippen LogP contribution in [-0.4, -0.2) is 16.9 Å². The summed E-state index contributed by atoms with van der Waals surface area (Å²) in [5.74, 6) is -1.55. The Hall–Kier alpha value is -1.84. The number of carbonyl (C=O) groups is 1. The lowest BCUT2D eigenvalue weighted by atomic mass is 10.0. The Morgan fingerprint density at radius 3 is 2.19 bits per heavy atom. The van der Waals surface area contributed by atoms with Gasteiger partial charge in [-0.2, -0.15) is 0 Å². The van der Waals surface area contributed by atoms with Crippen LogP contribution in [0.2, 0.25) is 0 Å². The Morgan fingerprint density at radius 2 is 1.81 bits per heavy atom. The maximum Gasteiger partial charge on any atom is 0.371 e. The molecule has 0 unspecified atom stereocenters. The first-order valence-electron chi connectivity index (χ1n) is 5.28. The molecule has 0 amide bonds. The SMILES string of the molecule is CCc1cccc(CC)c1N=C(N)C(=O)O. The van der Waals surface area contributed by atoms with Gasteiger partial charge in [-0.1, -0.05) is 32.0 Å². The van der Waals surface area contributed by atoms with Gasteiger partial charge in [-0.3, -0.25) is 0 Å². The van der Waals surface area contributed by atoms with E-state index < -0.39 is 5.97 Å². The van der Waals surface area contributed by atoms with E-state index in [0.717, 1.165) is 24.0 Å². The highest BCUT2D eigenvalue weighted by Gasteiger charge is 2.08. The maximum atomic E-state index is 10.6. The molecule has 0 radical (unpaired) electrons. The van der Waals surface area contributed by atoms with E-state index in [1.54, 1.807) is 0 Å². The van der Waals surface area contributed by atoms with E-state index >= 15 is 0 Å². The van der Waals surface area contributed by atoms with Crippen molar-refractivity contribution in [3.63, 3.8) is 0 Å². The molecule has 16 heavy (non-hydrogen) atoms. The van der Waals surface area contributed by atoms with Crippen LogP contribution >= 0.6 is 0 Å². The van der Waals surface area contributed by atoms with Gasteiger partial charge < -0.3 is 10.8 Å². The molecule has 0 spiro atoms. The van der Waals surface area contributed by atoms with Crippen LogP contribution in [0.4, 0.5) is 5.69 Å². The number of para-hydroxylation sites is 1. The Kier molecular flexibility index (Phi) is 4.05. The number of hydrogen-bond acceptors (Lipinski definition) is 2. The monoisotopic (exact) mass is 220 g/mol. The van der Waals surface area contributed by atoms with Gasteiger partial charge in [0.05, 0.1) is 5.69 Å². The van der Waals surface area contributed by atoms with Gasteiger partial charge in [-0.25, -0.2) is 9.79 Å². The number of rotatable bonds is 3. The number of aliphatic imine (C=N–C) groups is 1. The summed E-state index contributed by atoms with van der Waals surface area (Å²) in [6, 6.07) is 5.83. The van der Waals surface area contributed by atoms with Crippen LogP contribution < -0.4 is 5.73 Å². The Bertz CT molecular complexity index is 403. The minimum Gasteiger partial charge on any atom is -0.475 e. The molecule has 1 rings (SSSR count). The quantitative estimate of drug-likeness (QED) is 0.603. The maximum absolute atomic E-state index is 10.6. The molecular weight excluding hydrogens is 204 g/mol. The third kappa shape index (κ3) is 2.59. The van der Waals surface area contributed by atoms with Crippen molar-refractivity contribution in [2.45, 2.75) is 26.7 Å². The van der Waals surface area contributed by atoms with E-state index in [1.165, 1.54) is 0 Å². The molecule has 4 nitrogen and oxygen atoms in total. The highest BCUT2D eigenvalue weighted by molar-refractivity contribution is 6.34. The zero-order valence-corrected chi connectivity index (χ0v) is 9.53. The molecule has 0 bridgehead atoms. The number of carboxylic acid groups (broad SMARTS) is 1. The zero-order chi connectivity index (χ0) is 12.1. The van der Waals surface area contributed by atoms with E-state index in [2.05, 4.69) is 4.99 Å². The van der Waals surface area contributed by atoms with Gasteiger partial charge in [0.15, 0.2) is 0 Å². The third-order valence-electron chi connectivity index (χ3n) is 2.42. The van der Waals surface area contributed by atoms with Gasteiger partial charge in [0.1, 0.15) is 0 Å². The van der Waals surface area contributed by atoms with E-state index in [4.69, 9.17) is 10.8 Å². The van der Waals surface area contributed by atoms with Crippen molar-refractivity contribution in [3.8, 4) is 0 Å². The van der Waals surface area contributed by atoms with Crippen molar-refractivity contribution in [1.82, 2.24) is 0 Å². The van der Waals surface area contributed by atoms with Crippen LogP contribution in [0.1, 0.15) is 25.0 Å². The second-order valence-corrected chi connectivity index (χ2v) is 3.43. The lowest BCUT2D eigenvalue weighted by Gasteiger charge is -2.08. The average molecular weight is 220 g/mol. The van der Waals surface area contributed by atoms with Crippen LogP contribution in [0.15, 0.2) is 23.2 Å². The summed E-state index contributed by atoms with van der Waals surface area (Å²) in [7, 11) is 0. The van der Waals surface area contributed by atoms with Gasteiger partial charge in [0, 0.05) is 0 Å². The molecule has 0 atom stereocenters. The van der Waals surface area contributed by atoms with Crippen LogP contribution in [0.3, 0.4) is 0 Å². The van der Waals surface area contributed by atoms with E-state index in [1.807, 2.05) is 32.0 Å². The lowest BCUT2D eigenvalue weighted by molar-refractivity contribution is -0.129. The molecule has 1 aromatic carbocycles. The summed E-state index contributed by atoms with van der Waals surface area (Å²) < 4.78 is 0. The van der Waals surface area contributed by atoms with Crippen LogP contribution in [0, 0.1) is 0 Å². The lowest BCUT2D eigenvalue weighted by Crippen LogP contribution is -2.22. The van der Waals surface area contributed by atoms with Crippen molar-refractivity contribution < 1.29 is 9.90 Å². The first-order chi connectivity index (χ1) is 7.60. The van der Waals surface area contributed by atoms with Crippen molar-refractivity contribution in [2.24, 2.45) is 10.7 Å². The second kappa shape index (κ2) is 5.30. The first kappa shape index (κ1) is 12.2. The largest absolute Gasteiger partial charge is 0.475 e. The van der Waals surface area contributed by atoms with Crippen molar-refractivity contribution >= 4 is 17.5 Å². The summed E-state index contributed by atoms with van der Waals surface area (Å²) in [5.41, 5.74) is 8.08. The molecule has 0 aromatic heterocycles. The average Bonchev–Trinajstić information content (AvgIpc) is 2.29. The summed E-state index contributed by atoms with van der Waals surface area (Å²) in [4.78, 5) is 14.6. The third-order valence-corrected chi connectivity index (χ3v) is 2.42. The topological polar surface area (TPSA) is 75.7 Å². The normalized spacial score (nSPS) is 11.5. The van der Waals surface area contributed by atoms with Gasteiger partial charge in [0.25, 0.3) is 0 Å². The minimum atomic E-state index is -1.19. The van der Waals surface area contributed by atoms with E-state index in [9.17, 15) is 4.79 Å². The molecule has 0 heterocycles. The number of nitrogens with two attached hydrogens (primary N) is 1. The molecule has 4 heteroatoms. The minimum absolute atomic E-state index is 0.365. The first-order valence-corrected chi connectivity index (χ1v) is 5.28. The fourth-order valence-electron chi connectivity index (χ4n) is 1.53. The molecule has 3 N–H and O–H groups in total. The van der Waals surface area contributed by atoms with Gasteiger partial charge in [-0.15, -0.1) is 0 Å². The molecular formula is C12H16N2O2. The summed E-state index contributed by atoms with van der Waals surface area (Å²) in [6.07, 6.45) is 1.61. The number of aliphatic carboxylic acids is 1. The number of benzene rings is 1. The summed E-state index contributed by atoms with van der Waals surface area (Å²) >= 11 is 0. The van der Waals surface area contributed by atoms with Crippen molar-refractivity contribution in [3.05, 3.63) is 29.3 Å². The van der Waals surface area contributed by atoms with Crippen molar-refractivity contribution in [2.75, 3.05) is 0 Å². The zero-order valence-electron chi connectivity index (χ0n) is 9.53. The predicted octanol–water partition coefficient (Wildman–Crippen LogP) is 1.88. The fraction of sp³-hybridized carbons (Fsp3) is 0.333. The van der Waals surface area contributed by atoms with Gasteiger partial charge in [0.2, 0.25) is 5.84 Å². The highest BCUT2D eigenvalue weighted by atomic mass is 16.4. The Balaban J connectivity index is 3.29. The Morgan fingerprint density at radius 1 is 1.31 bits per heavy atom. The number of nitrogens with zero attached hydrogens (tertiary/aromatic N) is 1. The number of amidine groups is 1. The molecule has 0 aliphatic heterocycles. The van der Waals surface area contributed by atoms with E-state index in [-0.39, 0.29) is 5.84 Å². The Labute approximate surface area is 94.8 Å². The molecule has 0 saturated carbocycles. The molecule has 86 valence electrons. The summed E-state index contributed by atoms with van der Waals surface area (Å²) in [5, 5.41) is 8.71. The predicted molar refractivity (Wildman–Crippen MR) is 64.1 cm³/mol. The highest BCUT2D eigenvalue weighted by Crippen LogP contribution is 2.25. The van der Waals surface area contributed by atoms with E-state index in [0.29, 0.717) is 5.69 Å². The number of hydrogen-bond donors (Lipinski definition) is 2. The molecule has 1 aromatic rings. The van der Waals surface area contributed by atoms with Gasteiger partial charge >= 0.3 is 5.97 Å². The van der Waals surface area contributed by atoms with Gasteiger partial charge in [-0.05, 0) is 24.0 Å². The second-order valence-electron chi connectivity index (χ2n) is 3.43. The van der Waals surface area contributed by atoms with Crippen LogP contribution in [0.25, 0.3) is 0 Å². The molecule has 0 aliphatic rings. The number of aryl methyl sites for hydroxylation is 2. The number of carboxylic acids is 1. The standard InChI is InChI=1S/C12H16N2O2/c1-3-8-6-5-7-9(4-2)10(8)14-11(13)12(15)16/h5-7H,3-4H2,1-2H3,(H2,13,14)(H,15,16). The molecule has 0 aliphatic carbocycles. The molecule has 0 saturated heterocycles.